The maximum absolute atomic E-state index is 12.3. The summed E-state index contributed by atoms with van der Waals surface area (Å²) in [5.74, 6) is -0.451. The first-order chi connectivity index (χ1) is 13.1. The van der Waals surface area contributed by atoms with Crippen molar-refractivity contribution < 1.29 is 4.79 Å². The van der Waals surface area contributed by atoms with Crippen molar-refractivity contribution in [3.8, 4) is 6.07 Å². The molecular formula is C22H24N4O. The first-order valence-electron chi connectivity index (χ1n) is 9.21. The van der Waals surface area contributed by atoms with Gasteiger partial charge in [-0.05, 0) is 73.6 Å². The lowest BCUT2D eigenvalue weighted by Crippen LogP contribution is -2.19. The van der Waals surface area contributed by atoms with Crippen molar-refractivity contribution >= 4 is 17.3 Å². The Balaban J connectivity index is 1.66. The summed E-state index contributed by atoms with van der Waals surface area (Å²) >= 11 is 0. The van der Waals surface area contributed by atoms with E-state index in [4.69, 9.17) is 5.73 Å². The number of carbonyl (C=O) groups excluding carboxylic acids is 1. The number of nitrogen functional groups attached to an aromatic ring is 1. The molecule has 0 saturated heterocycles. The van der Waals surface area contributed by atoms with Crippen molar-refractivity contribution in [2.75, 3.05) is 11.1 Å². The van der Waals surface area contributed by atoms with Crippen LogP contribution < -0.4 is 16.4 Å². The van der Waals surface area contributed by atoms with E-state index in [0.717, 1.165) is 18.4 Å². The predicted molar refractivity (Wildman–Crippen MR) is 108 cm³/mol. The number of hydrogen-bond donors (Lipinski definition) is 3. The van der Waals surface area contributed by atoms with E-state index >= 15 is 0 Å². The molecule has 1 amide bonds. The van der Waals surface area contributed by atoms with E-state index in [2.05, 4.69) is 28.8 Å². The molecule has 138 valence electrons. The number of anilines is 2. The Hall–Kier alpha value is -3.26. The number of hydrogen-bond acceptors (Lipinski definition) is 4. The maximum Gasteiger partial charge on any atom is 0.267 e. The lowest BCUT2D eigenvalue weighted by molar-refractivity contribution is -0.112. The zero-order chi connectivity index (χ0) is 19.2. The van der Waals surface area contributed by atoms with Crippen molar-refractivity contribution in [1.29, 1.82) is 5.26 Å². The van der Waals surface area contributed by atoms with E-state index in [1.54, 1.807) is 24.3 Å². The Morgan fingerprint density at radius 2 is 1.85 bits per heavy atom. The Kier molecular flexibility index (Phi) is 5.77. The SMILES string of the molecule is CC(N/C=C(/C#N)C(=O)Nc1ccc(N)cc1)c1ccc2c(c1)CCCC2. The number of benzene rings is 2. The van der Waals surface area contributed by atoms with Crippen LogP contribution in [0.1, 0.15) is 42.5 Å². The lowest BCUT2D eigenvalue weighted by atomic mass is 9.89. The topological polar surface area (TPSA) is 90.9 Å². The summed E-state index contributed by atoms with van der Waals surface area (Å²) in [6, 6.07) is 15.3. The molecule has 0 radical (unpaired) electrons. The fourth-order valence-electron chi connectivity index (χ4n) is 3.24. The molecule has 2 aromatic rings. The Labute approximate surface area is 159 Å². The van der Waals surface area contributed by atoms with Gasteiger partial charge in [-0.1, -0.05) is 18.2 Å². The van der Waals surface area contributed by atoms with Gasteiger partial charge in [0.25, 0.3) is 5.91 Å². The summed E-state index contributed by atoms with van der Waals surface area (Å²) in [5.41, 5.74) is 10.9. The third-order valence-corrected chi connectivity index (χ3v) is 4.88. The van der Waals surface area contributed by atoms with E-state index in [9.17, 15) is 10.1 Å². The summed E-state index contributed by atoms with van der Waals surface area (Å²) in [6.07, 6.45) is 6.26. The van der Waals surface area contributed by atoms with Gasteiger partial charge in [0, 0.05) is 23.6 Å². The van der Waals surface area contributed by atoms with E-state index in [0.29, 0.717) is 11.4 Å². The number of nitrogens with zero attached hydrogens (tertiary/aromatic N) is 1. The minimum atomic E-state index is -0.451. The van der Waals surface area contributed by atoms with Gasteiger partial charge in [0.1, 0.15) is 11.6 Å². The summed E-state index contributed by atoms with van der Waals surface area (Å²) < 4.78 is 0. The van der Waals surface area contributed by atoms with Crippen LogP contribution in [0.4, 0.5) is 11.4 Å². The molecule has 0 aromatic heterocycles. The highest BCUT2D eigenvalue weighted by Gasteiger charge is 2.13. The van der Waals surface area contributed by atoms with Crippen LogP contribution in [0.25, 0.3) is 0 Å². The second-order valence-electron chi connectivity index (χ2n) is 6.87. The van der Waals surface area contributed by atoms with Crippen LogP contribution in [0.3, 0.4) is 0 Å². The van der Waals surface area contributed by atoms with Crippen molar-refractivity contribution in [2.24, 2.45) is 0 Å². The third kappa shape index (κ3) is 4.68. The van der Waals surface area contributed by atoms with Crippen molar-refractivity contribution in [3.05, 3.63) is 70.9 Å². The molecule has 1 atom stereocenters. The van der Waals surface area contributed by atoms with Crippen molar-refractivity contribution in [3.63, 3.8) is 0 Å². The van der Waals surface area contributed by atoms with Gasteiger partial charge in [-0.25, -0.2) is 0 Å². The summed E-state index contributed by atoms with van der Waals surface area (Å²) in [6.45, 7) is 2.02. The monoisotopic (exact) mass is 360 g/mol. The van der Waals surface area contributed by atoms with Crippen LogP contribution >= 0.6 is 0 Å². The minimum Gasteiger partial charge on any atom is -0.399 e. The van der Waals surface area contributed by atoms with Crippen molar-refractivity contribution in [2.45, 2.75) is 38.6 Å². The van der Waals surface area contributed by atoms with Gasteiger partial charge in [0.05, 0.1) is 0 Å². The summed E-state index contributed by atoms with van der Waals surface area (Å²) in [7, 11) is 0. The van der Waals surface area contributed by atoms with Crippen LogP contribution in [0.15, 0.2) is 54.2 Å². The molecule has 0 bridgehead atoms. The Morgan fingerprint density at radius 1 is 1.15 bits per heavy atom. The van der Waals surface area contributed by atoms with E-state index in [1.165, 1.54) is 30.2 Å². The molecule has 0 fully saturated rings. The molecule has 1 unspecified atom stereocenters. The number of nitriles is 1. The first-order valence-corrected chi connectivity index (χ1v) is 9.21. The van der Waals surface area contributed by atoms with Gasteiger partial charge in [-0.2, -0.15) is 5.26 Å². The zero-order valence-electron chi connectivity index (χ0n) is 15.5. The van der Waals surface area contributed by atoms with Gasteiger partial charge in [0.2, 0.25) is 0 Å². The highest BCUT2D eigenvalue weighted by atomic mass is 16.1. The number of nitrogens with two attached hydrogens (primary N) is 1. The molecule has 27 heavy (non-hydrogen) atoms. The molecule has 5 nitrogen and oxygen atoms in total. The first kappa shape index (κ1) is 18.5. The van der Waals surface area contributed by atoms with E-state index in [1.807, 2.05) is 13.0 Å². The van der Waals surface area contributed by atoms with Gasteiger partial charge < -0.3 is 16.4 Å². The largest absolute Gasteiger partial charge is 0.399 e. The smallest absolute Gasteiger partial charge is 0.267 e. The predicted octanol–water partition coefficient (Wildman–Crippen LogP) is 3.84. The second kappa shape index (κ2) is 8.41. The van der Waals surface area contributed by atoms with Gasteiger partial charge in [-0.15, -0.1) is 0 Å². The van der Waals surface area contributed by atoms with Crippen LogP contribution in [0.5, 0.6) is 0 Å². The normalized spacial score (nSPS) is 14.6. The van der Waals surface area contributed by atoms with Crippen molar-refractivity contribution in [1.82, 2.24) is 5.32 Å². The number of amides is 1. The van der Waals surface area contributed by atoms with E-state index < -0.39 is 5.91 Å². The number of rotatable bonds is 5. The molecule has 5 heteroatoms. The number of fused-ring (bicyclic) bond motifs is 1. The van der Waals surface area contributed by atoms with E-state index in [-0.39, 0.29) is 11.6 Å². The molecule has 1 aliphatic rings. The summed E-state index contributed by atoms with van der Waals surface area (Å²) in [4.78, 5) is 12.3. The lowest BCUT2D eigenvalue weighted by Gasteiger charge is -2.19. The van der Waals surface area contributed by atoms with Gasteiger partial charge in [0.15, 0.2) is 0 Å². The van der Waals surface area contributed by atoms with Crippen LogP contribution in [0, 0.1) is 11.3 Å². The highest BCUT2D eigenvalue weighted by molar-refractivity contribution is 6.06. The number of carbonyl (C=O) groups is 1. The van der Waals surface area contributed by atoms with Crippen LogP contribution in [0.2, 0.25) is 0 Å². The Bertz CT molecular complexity index is 894. The van der Waals surface area contributed by atoms with Gasteiger partial charge >= 0.3 is 0 Å². The Morgan fingerprint density at radius 3 is 2.56 bits per heavy atom. The van der Waals surface area contributed by atoms with Crippen LogP contribution in [-0.2, 0) is 17.6 Å². The minimum absolute atomic E-state index is 0.00454. The standard InChI is InChI=1S/C22H24N4O/c1-15(17-7-6-16-4-2-3-5-18(16)12-17)25-14-19(13-23)22(27)26-21-10-8-20(24)9-11-21/h6-12,14-15,25H,2-5,24H2,1H3,(H,26,27)/b19-14-. The molecule has 2 aromatic carbocycles. The highest BCUT2D eigenvalue weighted by Crippen LogP contribution is 2.24. The number of aryl methyl sites for hydroxylation is 2. The molecule has 0 heterocycles. The van der Waals surface area contributed by atoms with Crippen LogP contribution in [-0.4, -0.2) is 5.91 Å². The maximum atomic E-state index is 12.3. The average molecular weight is 360 g/mol. The second-order valence-corrected chi connectivity index (χ2v) is 6.87. The fraction of sp³-hybridized carbons (Fsp3) is 0.273. The quantitative estimate of drug-likeness (QED) is 0.429. The summed E-state index contributed by atoms with van der Waals surface area (Å²) in [5, 5.41) is 15.2. The molecular weight excluding hydrogens is 336 g/mol. The molecule has 0 aliphatic heterocycles. The molecule has 1 aliphatic carbocycles. The molecule has 0 saturated carbocycles. The average Bonchev–Trinajstić information content (AvgIpc) is 2.69. The third-order valence-electron chi connectivity index (χ3n) is 4.88. The molecule has 0 spiro atoms. The zero-order valence-corrected chi connectivity index (χ0v) is 15.5. The van der Waals surface area contributed by atoms with Gasteiger partial charge in [-0.3, -0.25) is 4.79 Å². The molecule has 3 rings (SSSR count). The number of nitrogens with one attached hydrogen (secondary N) is 2. The fourth-order valence-corrected chi connectivity index (χ4v) is 3.24. The molecule has 4 N–H and O–H groups in total.